The summed E-state index contributed by atoms with van der Waals surface area (Å²) in [5.41, 5.74) is 2.10. The van der Waals surface area contributed by atoms with Crippen LogP contribution in [0.3, 0.4) is 0 Å². The third-order valence-corrected chi connectivity index (χ3v) is 3.32. The summed E-state index contributed by atoms with van der Waals surface area (Å²) in [6.45, 7) is 4.51. The summed E-state index contributed by atoms with van der Waals surface area (Å²) in [4.78, 5) is 0. The van der Waals surface area contributed by atoms with Crippen molar-refractivity contribution in [1.82, 2.24) is 5.32 Å². The molecule has 0 aliphatic carbocycles. The van der Waals surface area contributed by atoms with Crippen LogP contribution in [-0.4, -0.2) is 25.8 Å². The Morgan fingerprint density at radius 3 is 3.06 bits per heavy atom. The van der Waals surface area contributed by atoms with Gasteiger partial charge in [-0.1, -0.05) is 27.6 Å². The zero-order valence-corrected chi connectivity index (χ0v) is 12.0. The van der Waals surface area contributed by atoms with Crippen LogP contribution in [0, 0.1) is 5.82 Å². The Morgan fingerprint density at radius 2 is 2.39 bits per heavy atom. The van der Waals surface area contributed by atoms with E-state index in [-0.39, 0.29) is 5.82 Å². The maximum absolute atomic E-state index is 13.2. The van der Waals surface area contributed by atoms with Gasteiger partial charge >= 0.3 is 0 Å². The molecule has 1 aliphatic heterocycles. The average molecular weight is 314 g/mol. The molecule has 1 saturated heterocycles. The van der Waals surface area contributed by atoms with Crippen molar-refractivity contribution < 1.29 is 9.13 Å². The number of hydrogen-bond donors (Lipinski definition) is 1. The van der Waals surface area contributed by atoms with Gasteiger partial charge in [-0.15, -0.1) is 0 Å². The van der Waals surface area contributed by atoms with Crippen molar-refractivity contribution in [2.75, 3.05) is 19.8 Å². The molecule has 1 atom stereocenters. The lowest BCUT2D eigenvalue weighted by atomic mass is 10.0. The summed E-state index contributed by atoms with van der Waals surface area (Å²) in [5.74, 6) is -0.220. The predicted octanol–water partition coefficient (Wildman–Crippen LogP) is 3.37. The summed E-state index contributed by atoms with van der Waals surface area (Å²) in [6, 6.07) is 5.28. The molecule has 2 rings (SSSR count). The molecule has 1 fully saturated rings. The number of morpholine rings is 1. The second kappa shape index (κ2) is 6.45. The summed E-state index contributed by atoms with van der Waals surface area (Å²) in [7, 11) is 0. The van der Waals surface area contributed by atoms with Crippen LogP contribution in [0.2, 0.25) is 0 Å². The highest BCUT2D eigenvalue weighted by Gasteiger charge is 2.12. The molecule has 0 amide bonds. The first-order valence-electron chi connectivity index (χ1n) is 6.08. The van der Waals surface area contributed by atoms with Gasteiger partial charge in [0, 0.05) is 17.1 Å². The van der Waals surface area contributed by atoms with Gasteiger partial charge in [-0.05, 0) is 37.1 Å². The van der Waals surface area contributed by atoms with E-state index in [2.05, 4.69) is 28.2 Å². The molecule has 1 aromatic carbocycles. The molecule has 0 saturated carbocycles. The highest BCUT2D eigenvalue weighted by atomic mass is 79.9. The molecule has 4 heteroatoms. The summed E-state index contributed by atoms with van der Waals surface area (Å²) in [5, 5.41) is 3.41. The number of ether oxygens (including phenoxy) is 1. The lowest BCUT2D eigenvalue weighted by molar-refractivity contribution is 0.0771. The molecule has 1 unspecified atom stereocenters. The van der Waals surface area contributed by atoms with E-state index < -0.39 is 0 Å². The summed E-state index contributed by atoms with van der Waals surface area (Å²) < 4.78 is 19.4. The monoisotopic (exact) mass is 313 g/mol. The summed E-state index contributed by atoms with van der Waals surface area (Å²) in [6.07, 6.45) is 2.94. The van der Waals surface area contributed by atoms with Crippen molar-refractivity contribution in [1.29, 1.82) is 0 Å². The van der Waals surface area contributed by atoms with Crippen LogP contribution in [0.1, 0.15) is 18.9 Å². The Balaban J connectivity index is 2.02. The smallest absolute Gasteiger partial charge is 0.124 e. The van der Waals surface area contributed by atoms with Gasteiger partial charge in [0.15, 0.2) is 0 Å². The maximum Gasteiger partial charge on any atom is 0.124 e. The van der Waals surface area contributed by atoms with Crippen molar-refractivity contribution in [3.8, 4) is 0 Å². The molecule has 0 bridgehead atoms. The molecule has 1 aromatic rings. The maximum atomic E-state index is 13.2. The number of benzene rings is 1. The zero-order valence-electron chi connectivity index (χ0n) is 10.4. The molecule has 98 valence electrons. The molecular formula is C14H17BrFNO. The first-order chi connectivity index (χ1) is 8.63. The largest absolute Gasteiger partial charge is 0.379 e. The van der Waals surface area contributed by atoms with Gasteiger partial charge in [0.25, 0.3) is 0 Å². The minimum Gasteiger partial charge on any atom is -0.379 e. The molecular weight excluding hydrogens is 297 g/mol. The van der Waals surface area contributed by atoms with Crippen molar-refractivity contribution in [2.45, 2.75) is 19.4 Å². The predicted molar refractivity (Wildman–Crippen MR) is 75.0 cm³/mol. The van der Waals surface area contributed by atoms with E-state index in [1.807, 2.05) is 12.1 Å². The van der Waals surface area contributed by atoms with Crippen molar-refractivity contribution in [2.24, 2.45) is 0 Å². The Labute approximate surface area is 115 Å². The van der Waals surface area contributed by atoms with Crippen LogP contribution in [0.4, 0.5) is 4.39 Å². The fraction of sp³-hybridized carbons (Fsp3) is 0.429. The third kappa shape index (κ3) is 4.19. The topological polar surface area (TPSA) is 21.3 Å². The van der Waals surface area contributed by atoms with E-state index in [1.165, 1.54) is 11.6 Å². The van der Waals surface area contributed by atoms with Crippen molar-refractivity contribution in [3.63, 3.8) is 0 Å². The van der Waals surface area contributed by atoms with Crippen LogP contribution in [0.25, 0.3) is 6.08 Å². The Bertz CT molecular complexity index is 421. The molecule has 0 aromatic heterocycles. The Morgan fingerprint density at radius 1 is 1.56 bits per heavy atom. The van der Waals surface area contributed by atoms with Crippen LogP contribution in [-0.2, 0) is 4.74 Å². The first kappa shape index (κ1) is 13.7. The number of rotatable bonds is 3. The van der Waals surface area contributed by atoms with E-state index in [0.29, 0.717) is 6.04 Å². The minimum absolute atomic E-state index is 0.220. The average Bonchev–Trinajstić information content (AvgIpc) is 2.28. The van der Waals surface area contributed by atoms with E-state index in [9.17, 15) is 4.39 Å². The van der Waals surface area contributed by atoms with Crippen LogP contribution in [0.5, 0.6) is 0 Å². The molecule has 2 nitrogen and oxygen atoms in total. The molecule has 1 heterocycles. The highest BCUT2D eigenvalue weighted by molar-refractivity contribution is 9.10. The number of nitrogens with one attached hydrogen (secondary N) is 1. The van der Waals surface area contributed by atoms with Gasteiger partial charge in [0.1, 0.15) is 5.82 Å². The van der Waals surface area contributed by atoms with Gasteiger partial charge in [-0.2, -0.15) is 0 Å². The quantitative estimate of drug-likeness (QED) is 0.923. The SMILES string of the molecule is C/C(=C/c1cc(F)cc(Br)c1)CC1COCCN1. The minimum atomic E-state index is -0.220. The van der Waals surface area contributed by atoms with Crippen LogP contribution in [0.15, 0.2) is 28.2 Å². The van der Waals surface area contributed by atoms with Gasteiger partial charge in [0.05, 0.1) is 13.2 Å². The molecule has 0 radical (unpaired) electrons. The fourth-order valence-corrected chi connectivity index (χ4v) is 2.62. The van der Waals surface area contributed by atoms with E-state index in [0.717, 1.165) is 36.2 Å². The first-order valence-corrected chi connectivity index (χ1v) is 6.87. The Kier molecular flexibility index (Phi) is 4.92. The van der Waals surface area contributed by atoms with Gasteiger partial charge in [-0.3, -0.25) is 0 Å². The van der Waals surface area contributed by atoms with E-state index in [4.69, 9.17) is 4.74 Å². The van der Waals surface area contributed by atoms with Crippen molar-refractivity contribution in [3.05, 3.63) is 39.6 Å². The molecule has 1 aliphatic rings. The normalized spacial score (nSPS) is 21.1. The second-order valence-corrected chi connectivity index (χ2v) is 5.54. The van der Waals surface area contributed by atoms with E-state index >= 15 is 0 Å². The summed E-state index contributed by atoms with van der Waals surface area (Å²) >= 11 is 3.30. The second-order valence-electron chi connectivity index (χ2n) is 4.62. The van der Waals surface area contributed by atoms with Gasteiger partial charge in [0.2, 0.25) is 0 Å². The third-order valence-electron chi connectivity index (χ3n) is 2.86. The van der Waals surface area contributed by atoms with Crippen LogP contribution < -0.4 is 5.32 Å². The lowest BCUT2D eigenvalue weighted by Crippen LogP contribution is -2.41. The standard InChI is InChI=1S/C14H17BrFNO/c1-10(5-14-9-18-3-2-17-14)4-11-6-12(15)8-13(16)7-11/h4,6-8,14,17H,2-3,5,9H2,1H3/b10-4-. The molecule has 18 heavy (non-hydrogen) atoms. The highest BCUT2D eigenvalue weighted by Crippen LogP contribution is 2.18. The molecule has 0 spiro atoms. The van der Waals surface area contributed by atoms with Gasteiger partial charge < -0.3 is 10.1 Å². The number of hydrogen-bond acceptors (Lipinski definition) is 2. The zero-order chi connectivity index (χ0) is 13.0. The Hall–Kier alpha value is -0.710. The fourth-order valence-electron chi connectivity index (χ4n) is 2.14. The van der Waals surface area contributed by atoms with Crippen molar-refractivity contribution >= 4 is 22.0 Å². The lowest BCUT2D eigenvalue weighted by Gasteiger charge is -2.24. The van der Waals surface area contributed by atoms with Crippen LogP contribution >= 0.6 is 15.9 Å². The van der Waals surface area contributed by atoms with Gasteiger partial charge in [-0.25, -0.2) is 4.39 Å². The molecule has 1 N–H and O–H groups in total. The number of halogens is 2. The van der Waals surface area contributed by atoms with E-state index in [1.54, 1.807) is 6.07 Å².